The lowest BCUT2D eigenvalue weighted by molar-refractivity contribution is -0.142. The number of piperidine rings is 1. The van der Waals surface area contributed by atoms with E-state index in [4.69, 9.17) is 0 Å². The van der Waals surface area contributed by atoms with Gasteiger partial charge in [0.15, 0.2) is 11.3 Å². The van der Waals surface area contributed by atoms with Gasteiger partial charge in [0, 0.05) is 28.7 Å². The van der Waals surface area contributed by atoms with Crippen molar-refractivity contribution in [2.24, 2.45) is 0 Å². The zero-order chi connectivity index (χ0) is 20.6. The van der Waals surface area contributed by atoms with Crippen LogP contribution in [-0.4, -0.2) is 38.5 Å². The lowest BCUT2D eigenvalue weighted by Crippen LogP contribution is -2.36. The Hall–Kier alpha value is -2.42. The van der Waals surface area contributed by atoms with Crippen LogP contribution in [-0.2, 0) is 17.4 Å². The van der Waals surface area contributed by atoms with Gasteiger partial charge in [-0.15, -0.1) is 0 Å². The smallest absolute Gasteiger partial charge is 0.342 e. The van der Waals surface area contributed by atoms with Gasteiger partial charge in [-0.05, 0) is 37.5 Å². The fourth-order valence-electron chi connectivity index (χ4n) is 3.52. The lowest BCUT2D eigenvalue weighted by atomic mass is 10.1. The molecule has 0 unspecified atom stereocenters. The van der Waals surface area contributed by atoms with Crippen LogP contribution in [0.5, 0.6) is 0 Å². The van der Waals surface area contributed by atoms with Gasteiger partial charge >= 0.3 is 6.18 Å². The molecule has 0 N–H and O–H groups in total. The van der Waals surface area contributed by atoms with Gasteiger partial charge in [0.1, 0.15) is 0 Å². The van der Waals surface area contributed by atoms with Crippen molar-refractivity contribution in [3.8, 4) is 11.3 Å². The first-order chi connectivity index (χ1) is 13.8. The van der Waals surface area contributed by atoms with Crippen LogP contribution in [0.1, 0.15) is 30.5 Å². The minimum Gasteiger partial charge on any atom is -0.342 e. The van der Waals surface area contributed by atoms with Crippen molar-refractivity contribution in [2.75, 3.05) is 13.1 Å². The number of carbonyl (C=O) groups is 1. The Kier molecular flexibility index (Phi) is 5.33. The lowest BCUT2D eigenvalue weighted by Gasteiger charge is -2.26. The maximum absolute atomic E-state index is 13.7. The predicted octanol–water partition coefficient (Wildman–Crippen LogP) is 4.73. The van der Waals surface area contributed by atoms with Crippen LogP contribution in [0.4, 0.5) is 13.2 Å². The van der Waals surface area contributed by atoms with E-state index in [0.717, 1.165) is 34.3 Å². The first-order valence-corrected chi connectivity index (χ1v) is 10.1. The van der Waals surface area contributed by atoms with Crippen molar-refractivity contribution in [3.63, 3.8) is 0 Å². The summed E-state index contributed by atoms with van der Waals surface area (Å²) < 4.78 is 42.6. The summed E-state index contributed by atoms with van der Waals surface area (Å²) in [6.07, 6.45) is -0.323. The molecule has 1 fully saturated rings. The Balaban J connectivity index is 1.77. The predicted molar refractivity (Wildman–Crippen MR) is 105 cm³/mol. The number of hydrogen-bond acceptors (Lipinski definition) is 3. The van der Waals surface area contributed by atoms with E-state index in [0.29, 0.717) is 24.2 Å². The summed E-state index contributed by atoms with van der Waals surface area (Å²) in [6, 6.07) is 7.85. The number of nitrogens with zero attached hydrogens (tertiary/aromatic N) is 4. The molecule has 0 aliphatic carbocycles. The van der Waals surface area contributed by atoms with Crippen molar-refractivity contribution in [2.45, 2.75) is 31.9 Å². The number of benzene rings is 1. The molecule has 1 aliphatic heterocycles. The van der Waals surface area contributed by atoms with Crippen molar-refractivity contribution in [1.29, 1.82) is 0 Å². The molecule has 3 aromatic rings. The molecular formula is C20H18BrF3N4O. The van der Waals surface area contributed by atoms with E-state index in [1.807, 2.05) is 0 Å². The standard InChI is InChI=1S/C20H18BrF3N4O/c21-15-6-4-13(5-7-15)16-11-17(20(22,23)24)28-19(26-16)14(12-25-28)10-18(29)27-8-2-1-3-9-27/h4-7,11-12H,1-3,8-10H2. The van der Waals surface area contributed by atoms with Crippen LogP contribution in [0.3, 0.4) is 0 Å². The Morgan fingerprint density at radius 2 is 1.79 bits per heavy atom. The molecule has 0 saturated carbocycles. The van der Waals surface area contributed by atoms with E-state index >= 15 is 0 Å². The molecule has 4 rings (SSSR count). The molecule has 0 bridgehead atoms. The molecule has 1 aliphatic rings. The van der Waals surface area contributed by atoms with E-state index in [9.17, 15) is 18.0 Å². The number of alkyl halides is 3. The van der Waals surface area contributed by atoms with Crippen LogP contribution in [0.25, 0.3) is 16.9 Å². The molecule has 5 nitrogen and oxygen atoms in total. The third kappa shape index (κ3) is 4.14. The van der Waals surface area contributed by atoms with Crippen LogP contribution < -0.4 is 0 Å². The SMILES string of the molecule is O=C(Cc1cnn2c(C(F)(F)F)cc(-c3ccc(Br)cc3)nc12)N1CCCCC1. The Labute approximate surface area is 173 Å². The summed E-state index contributed by atoms with van der Waals surface area (Å²) in [5, 5.41) is 3.89. The third-order valence-corrected chi connectivity index (χ3v) is 5.55. The summed E-state index contributed by atoms with van der Waals surface area (Å²) in [6.45, 7) is 1.37. The molecule has 3 heterocycles. The normalized spacial score (nSPS) is 15.1. The molecule has 1 amide bonds. The van der Waals surface area contributed by atoms with Crippen LogP contribution in [0, 0.1) is 0 Å². The molecule has 0 radical (unpaired) electrons. The van der Waals surface area contributed by atoms with Gasteiger partial charge in [0.05, 0.1) is 18.3 Å². The third-order valence-electron chi connectivity index (χ3n) is 5.03. The van der Waals surface area contributed by atoms with E-state index in [1.165, 1.54) is 6.20 Å². The number of aromatic nitrogens is 3. The molecule has 1 aromatic carbocycles. The molecule has 9 heteroatoms. The van der Waals surface area contributed by atoms with Crippen LogP contribution in [0.15, 0.2) is 41.0 Å². The summed E-state index contributed by atoms with van der Waals surface area (Å²) in [7, 11) is 0. The fraction of sp³-hybridized carbons (Fsp3) is 0.350. The highest BCUT2D eigenvalue weighted by atomic mass is 79.9. The topological polar surface area (TPSA) is 50.5 Å². The highest BCUT2D eigenvalue weighted by molar-refractivity contribution is 9.10. The van der Waals surface area contributed by atoms with E-state index in [1.54, 1.807) is 29.2 Å². The second-order valence-electron chi connectivity index (χ2n) is 7.05. The average molecular weight is 467 g/mol. The summed E-state index contributed by atoms with van der Waals surface area (Å²) in [5.74, 6) is -0.107. The Morgan fingerprint density at radius 1 is 1.10 bits per heavy atom. The maximum atomic E-state index is 13.7. The van der Waals surface area contributed by atoms with Crippen molar-refractivity contribution >= 4 is 27.5 Å². The number of carbonyl (C=O) groups excluding carboxylic acids is 1. The molecular weight excluding hydrogens is 449 g/mol. The van der Waals surface area contributed by atoms with Gasteiger partial charge in [0.25, 0.3) is 0 Å². The molecule has 0 atom stereocenters. The summed E-state index contributed by atoms with van der Waals surface area (Å²) >= 11 is 3.32. The highest BCUT2D eigenvalue weighted by Gasteiger charge is 2.35. The van der Waals surface area contributed by atoms with Crippen molar-refractivity contribution in [1.82, 2.24) is 19.5 Å². The van der Waals surface area contributed by atoms with Gasteiger partial charge in [-0.3, -0.25) is 4.79 Å². The van der Waals surface area contributed by atoms with Gasteiger partial charge < -0.3 is 4.90 Å². The highest BCUT2D eigenvalue weighted by Crippen LogP contribution is 2.33. The Morgan fingerprint density at radius 3 is 2.45 bits per heavy atom. The van der Waals surface area contributed by atoms with Gasteiger partial charge in [0.2, 0.25) is 5.91 Å². The quantitative estimate of drug-likeness (QED) is 0.560. The van der Waals surface area contributed by atoms with Crippen LogP contribution in [0.2, 0.25) is 0 Å². The Bertz CT molecular complexity index is 1040. The monoisotopic (exact) mass is 466 g/mol. The summed E-state index contributed by atoms with van der Waals surface area (Å²) in [5.41, 5.74) is 0.269. The number of hydrogen-bond donors (Lipinski definition) is 0. The largest absolute Gasteiger partial charge is 0.433 e. The number of amides is 1. The zero-order valence-corrected chi connectivity index (χ0v) is 17.0. The molecule has 2 aromatic heterocycles. The van der Waals surface area contributed by atoms with Crippen LogP contribution >= 0.6 is 15.9 Å². The van der Waals surface area contributed by atoms with Gasteiger partial charge in [-0.25, -0.2) is 9.50 Å². The first-order valence-electron chi connectivity index (χ1n) is 9.31. The summed E-state index contributed by atoms with van der Waals surface area (Å²) in [4.78, 5) is 18.8. The number of halogens is 4. The second-order valence-corrected chi connectivity index (χ2v) is 7.97. The maximum Gasteiger partial charge on any atom is 0.433 e. The van der Waals surface area contributed by atoms with Crippen molar-refractivity contribution in [3.05, 3.63) is 52.3 Å². The second kappa shape index (κ2) is 7.78. The number of likely N-dealkylation sites (tertiary alicyclic amines) is 1. The van der Waals surface area contributed by atoms with Gasteiger partial charge in [-0.1, -0.05) is 28.1 Å². The number of rotatable bonds is 3. The minimum absolute atomic E-state index is 0.0163. The zero-order valence-electron chi connectivity index (χ0n) is 15.4. The van der Waals surface area contributed by atoms with Crippen molar-refractivity contribution < 1.29 is 18.0 Å². The van der Waals surface area contributed by atoms with E-state index < -0.39 is 11.9 Å². The van der Waals surface area contributed by atoms with Gasteiger partial charge in [-0.2, -0.15) is 18.3 Å². The molecule has 1 saturated heterocycles. The molecule has 152 valence electrons. The fourth-order valence-corrected chi connectivity index (χ4v) is 3.79. The van der Waals surface area contributed by atoms with E-state index in [-0.39, 0.29) is 23.7 Å². The first kappa shape index (κ1) is 19.9. The minimum atomic E-state index is -4.61. The number of fused-ring (bicyclic) bond motifs is 1. The molecule has 29 heavy (non-hydrogen) atoms. The van der Waals surface area contributed by atoms with E-state index in [2.05, 4.69) is 26.0 Å². The molecule has 0 spiro atoms. The average Bonchev–Trinajstić information content (AvgIpc) is 3.10.